The lowest BCUT2D eigenvalue weighted by Crippen LogP contribution is -3.00. The Bertz CT molecular complexity index is 3590. The van der Waals surface area contributed by atoms with Gasteiger partial charge < -0.3 is 64.4 Å². The molecule has 4 N–H and O–H groups in total. The number of amides is 6. The lowest BCUT2D eigenvalue weighted by Gasteiger charge is -2.39. The number of piperidine rings is 2. The molecular weight excluding hydrogens is 1310 g/mol. The van der Waals surface area contributed by atoms with Gasteiger partial charge in [-0.1, -0.05) is 132 Å². The average molecular weight is 1400 g/mol. The van der Waals surface area contributed by atoms with Gasteiger partial charge in [0.25, 0.3) is 0 Å². The molecule has 0 radical (unpaired) electrons. The number of carbonyl (C=O) groups is 8. The van der Waals surface area contributed by atoms with Gasteiger partial charge in [-0.25, -0.2) is 0 Å². The summed E-state index contributed by atoms with van der Waals surface area (Å²) >= 11 is 12.4. The van der Waals surface area contributed by atoms with Crippen LogP contribution in [-0.4, -0.2) is 138 Å². The average Bonchev–Trinajstić information content (AvgIpc) is 0.914. The molecule has 6 aromatic rings. The minimum Gasteiger partial charge on any atom is -1.00 e. The third-order valence-corrected chi connectivity index (χ3v) is 19.3. The predicted octanol–water partition coefficient (Wildman–Crippen LogP) is 7.99. The number of fused-ring (bicyclic) bond motifs is 2. The Morgan fingerprint density at radius 1 is 0.500 bits per heavy atom. The van der Waals surface area contributed by atoms with Crippen LogP contribution in [0.25, 0.3) is 0 Å². The van der Waals surface area contributed by atoms with Crippen molar-refractivity contribution in [1.82, 2.24) is 25.3 Å². The molecule has 0 unspecified atom stereocenters. The number of aryl methyl sites for hydroxylation is 2. The van der Waals surface area contributed by atoms with Gasteiger partial charge in [0, 0.05) is 84.2 Å². The maximum absolute atomic E-state index is 14.1. The van der Waals surface area contributed by atoms with Crippen LogP contribution in [0.15, 0.2) is 146 Å². The van der Waals surface area contributed by atoms with Crippen LogP contribution in [0.1, 0.15) is 118 Å². The number of carbonyl (C=O) groups excluding carboxylic acids is 8. The summed E-state index contributed by atoms with van der Waals surface area (Å²) in [5.74, 6) is -1.52. The van der Waals surface area contributed by atoms with Gasteiger partial charge in [0.05, 0.1) is 27.2 Å². The minimum absolute atomic E-state index is 0. The topological polar surface area (TPSA) is 194 Å². The Morgan fingerprint density at radius 3 is 1.26 bits per heavy atom. The Kier molecular flexibility index (Phi) is 25.3. The second-order valence-electron chi connectivity index (χ2n) is 25.7. The molecule has 19 heteroatoms. The molecular formula is C73H85Cl2IN8O8. The summed E-state index contributed by atoms with van der Waals surface area (Å²) in [6, 6.07) is 40.8. The normalized spacial score (nSPS) is 17.8. The third kappa shape index (κ3) is 19.4. The first-order valence-electron chi connectivity index (χ1n) is 31.8. The molecule has 0 saturated carbocycles. The molecule has 0 spiro atoms. The molecule has 4 aliphatic heterocycles. The fraction of sp³-hybridized carbons (Fsp3) is 0.397. The molecule has 0 aromatic heterocycles. The summed E-state index contributed by atoms with van der Waals surface area (Å²) in [6.07, 6.45) is 5.57. The highest BCUT2D eigenvalue weighted by molar-refractivity contribution is 6.31. The van der Waals surface area contributed by atoms with Crippen molar-refractivity contribution in [2.24, 2.45) is 11.8 Å². The van der Waals surface area contributed by atoms with E-state index in [1.807, 2.05) is 86.6 Å². The lowest BCUT2D eigenvalue weighted by atomic mass is 9.88. The van der Waals surface area contributed by atoms with Crippen molar-refractivity contribution in [1.29, 1.82) is 0 Å². The molecule has 10 rings (SSSR count). The lowest BCUT2D eigenvalue weighted by molar-refractivity contribution is -0.896. The number of halogens is 3. The van der Waals surface area contributed by atoms with Gasteiger partial charge in [-0.3, -0.25) is 38.4 Å². The van der Waals surface area contributed by atoms with Gasteiger partial charge in [0.15, 0.2) is 11.6 Å². The van der Waals surface area contributed by atoms with E-state index in [1.54, 1.807) is 82.6 Å². The van der Waals surface area contributed by atoms with Crippen molar-refractivity contribution < 1.29 is 66.8 Å². The van der Waals surface area contributed by atoms with E-state index in [0.717, 1.165) is 89.7 Å². The Hall–Kier alpha value is -7.29. The Balaban J connectivity index is 0.000000234. The number of hydrogen-bond donors (Lipinski definition) is 4. The Morgan fingerprint density at radius 2 is 0.870 bits per heavy atom. The number of benzene rings is 6. The van der Waals surface area contributed by atoms with Crippen LogP contribution >= 0.6 is 23.2 Å². The van der Waals surface area contributed by atoms with Crippen molar-refractivity contribution >= 4 is 81.6 Å². The molecule has 2 fully saturated rings. The number of nitrogens with one attached hydrogen (secondary N) is 4. The maximum Gasteiger partial charge on any atom is 0.246 e. The first-order chi connectivity index (χ1) is 43.7. The third-order valence-electron chi connectivity index (χ3n) is 18.4. The zero-order valence-corrected chi connectivity index (χ0v) is 56.9. The minimum atomic E-state index is -0.802. The quantitative estimate of drug-likeness (QED) is 0.0333. The van der Waals surface area contributed by atoms with E-state index in [0.29, 0.717) is 58.2 Å². The van der Waals surface area contributed by atoms with E-state index in [9.17, 15) is 38.4 Å². The van der Waals surface area contributed by atoms with Gasteiger partial charge in [-0.15, -0.1) is 0 Å². The van der Waals surface area contributed by atoms with Crippen LogP contribution < -0.4 is 45.2 Å². The number of Topliss-reactive ketones (excluding diaryl/α,β-unsaturated/α-hetero) is 2. The largest absolute Gasteiger partial charge is 1.00 e. The van der Waals surface area contributed by atoms with Crippen LogP contribution in [0.4, 0.5) is 11.4 Å². The zero-order valence-electron chi connectivity index (χ0n) is 53.2. The summed E-state index contributed by atoms with van der Waals surface area (Å²) < 4.78 is 0.940. The van der Waals surface area contributed by atoms with Crippen molar-refractivity contribution in [2.75, 3.05) is 58.0 Å². The smallest absolute Gasteiger partial charge is 0.246 e. The van der Waals surface area contributed by atoms with E-state index in [-0.39, 0.29) is 122 Å². The number of nitrogens with zero attached hydrogens (tertiary/aromatic N) is 4. The van der Waals surface area contributed by atoms with Crippen LogP contribution in [0.5, 0.6) is 0 Å². The molecule has 92 heavy (non-hydrogen) atoms. The van der Waals surface area contributed by atoms with Gasteiger partial charge >= 0.3 is 0 Å². The van der Waals surface area contributed by atoms with E-state index in [1.165, 1.54) is 0 Å². The SMILES string of the molecule is Cc1cc(NC(=O)[C@H](CC2CCN(C)CC2)NC(=O)[C@@H]2Cc3ccccc3CN2C(=O)CCC(=O)c2ccccc2)ccc1Cl.Cc1cc(NC(=O)[C@H](CC2CC[N+](C)(C)CC2)NC(=O)[C@@H]2Cc3ccccc3CN2C(=O)CCC(=O)c2ccccc2)ccc1Cl.[I-]. The molecule has 6 amide bonds. The van der Waals surface area contributed by atoms with Crippen molar-refractivity contribution in [3.63, 3.8) is 0 Å². The highest BCUT2D eigenvalue weighted by atomic mass is 127. The van der Waals surface area contributed by atoms with Gasteiger partial charge in [-0.2, -0.15) is 0 Å². The second-order valence-corrected chi connectivity index (χ2v) is 26.5. The molecule has 2 saturated heterocycles. The van der Waals surface area contributed by atoms with E-state index in [4.69, 9.17) is 23.2 Å². The molecule has 16 nitrogen and oxygen atoms in total. The number of quaternary nitrogens is 1. The van der Waals surface area contributed by atoms with E-state index in [2.05, 4.69) is 47.3 Å². The number of anilines is 2. The fourth-order valence-corrected chi connectivity index (χ4v) is 13.0. The number of likely N-dealkylation sites (tertiary alicyclic amines) is 2. The summed E-state index contributed by atoms with van der Waals surface area (Å²) in [5.41, 5.74) is 7.96. The van der Waals surface area contributed by atoms with E-state index >= 15 is 0 Å². The highest BCUT2D eigenvalue weighted by Crippen LogP contribution is 2.31. The summed E-state index contributed by atoms with van der Waals surface area (Å²) in [6.45, 7) is 8.17. The van der Waals surface area contributed by atoms with E-state index < -0.39 is 24.2 Å². The van der Waals surface area contributed by atoms with Crippen LogP contribution in [0, 0.1) is 25.7 Å². The molecule has 4 atom stereocenters. The standard InChI is InChI=1S/C37H43ClN4O4.C36H41ClN4O4.HI/c1-25-21-30(13-14-31(25)38)39-36(45)32(22-26-17-19-42(2,3)20-18-26)40-37(46)33-23-28-11-7-8-12-29(28)24-41(33)35(44)16-15-34(43)27-9-5-4-6-10-27;1-24-20-29(12-13-30(24)37)38-35(44)31(21-25-16-18-40(2)19-17-25)39-36(45)32-22-27-10-6-7-11-28(27)23-41(32)34(43)15-14-33(42)26-8-4-3-5-9-26;/h4-14,21,26,32-33H,15-20,22-24H2,1-3H3,(H-,39,40,45,46);3-13,20,25,31-32H,14-19,21-23H2,1-2H3,(H,38,44)(H,39,45);1H/t32-,33-;31-,32-;/m00./s1. The van der Waals surface area contributed by atoms with Crippen LogP contribution in [0.2, 0.25) is 10.0 Å². The number of rotatable bonds is 20. The van der Waals surface area contributed by atoms with Crippen molar-refractivity contribution in [3.8, 4) is 0 Å². The number of ketones is 2. The van der Waals surface area contributed by atoms with Gasteiger partial charge in [-0.05, 0) is 154 Å². The molecule has 4 heterocycles. The maximum atomic E-state index is 14.1. The highest BCUT2D eigenvalue weighted by Gasteiger charge is 2.40. The van der Waals surface area contributed by atoms with Crippen LogP contribution in [-0.2, 0) is 54.7 Å². The summed E-state index contributed by atoms with van der Waals surface area (Å²) in [4.78, 5) is 114. The molecule has 6 aromatic carbocycles. The predicted molar refractivity (Wildman–Crippen MR) is 357 cm³/mol. The monoisotopic (exact) mass is 1400 g/mol. The van der Waals surface area contributed by atoms with Crippen LogP contribution in [0.3, 0.4) is 0 Å². The molecule has 0 bridgehead atoms. The van der Waals surface area contributed by atoms with Crippen molar-refractivity contribution in [2.45, 2.75) is 128 Å². The first-order valence-corrected chi connectivity index (χ1v) is 32.6. The molecule has 486 valence electrons. The molecule has 4 aliphatic rings. The first kappa shape index (κ1) is 70.6. The summed E-state index contributed by atoms with van der Waals surface area (Å²) in [7, 11) is 6.51. The molecule has 0 aliphatic carbocycles. The van der Waals surface area contributed by atoms with Gasteiger partial charge in [0.1, 0.15) is 24.2 Å². The number of hydrogen-bond acceptors (Lipinski definition) is 9. The van der Waals surface area contributed by atoms with Gasteiger partial charge in [0.2, 0.25) is 35.4 Å². The Labute approximate surface area is 568 Å². The zero-order chi connectivity index (χ0) is 64.8. The fourth-order valence-electron chi connectivity index (χ4n) is 12.7. The second kappa shape index (κ2) is 33.0. The summed E-state index contributed by atoms with van der Waals surface area (Å²) in [5, 5.41) is 13.3. The van der Waals surface area contributed by atoms with Crippen molar-refractivity contribution in [3.05, 3.63) is 200 Å².